The third-order valence-corrected chi connectivity index (χ3v) is 5.10. The predicted octanol–water partition coefficient (Wildman–Crippen LogP) is 2.78. The minimum absolute atomic E-state index is 0. The topological polar surface area (TPSA) is 35.5 Å². The summed E-state index contributed by atoms with van der Waals surface area (Å²) in [6.07, 6.45) is 5.94. The molecule has 0 spiro atoms. The van der Waals surface area contributed by atoms with E-state index in [1.54, 1.807) is 0 Å². The first-order valence-corrected chi connectivity index (χ1v) is 8.52. The smallest absolute Gasteiger partial charge is 0.0443 e. The van der Waals surface area contributed by atoms with E-state index in [1.807, 2.05) is 0 Å². The van der Waals surface area contributed by atoms with Crippen molar-refractivity contribution in [1.82, 2.24) is 10.2 Å². The molecule has 22 heavy (non-hydrogen) atoms. The standard InChI is InChI=1S/C18H28N2O.ClH/c21-13-3-12-20(14-15-8-10-19-11-9-15)18-7-6-16-4-1-2-5-17(16)18;/h1-2,4-5,15,18-19,21H,3,6-14H2;1H. The van der Waals surface area contributed by atoms with Crippen molar-refractivity contribution in [2.75, 3.05) is 32.8 Å². The van der Waals surface area contributed by atoms with E-state index in [2.05, 4.69) is 34.5 Å². The first-order chi connectivity index (χ1) is 10.4. The Balaban J connectivity index is 0.00000176. The van der Waals surface area contributed by atoms with Crippen molar-refractivity contribution < 1.29 is 5.11 Å². The van der Waals surface area contributed by atoms with Crippen LogP contribution in [0, 0.1) is 5.92 Å². The van der Waals surface area contributed by atoms with Crippen LogP contribution in [0.5, 0.6) is 0 Å². The number of rotatable bonds is 6. The quantitative estimate of drug-likeness (QED) is 0.844. The molecule has 1 aromatic rings. The van der Waals surface area contributed by atoms with Crippen LogP contribution in [0.1, 0.15) is 42.9 Å². The lowest BCUT2D eigenvalue weighted by Gasteiger charge is -2.34. The van der Waals surface area contributed by atoms with E-state index in [0.29, 0.717) is 12.6 Å². The van der Waals surface area contributed by atoms with Gasteiger partial charge in [0, 0.05) is 25.7 Å². The minimum Gasteiger partial charge on any atom is -0.396 e. The number of aliphatic hydroxyl groups excluding tert-OH is 1. The van der Waals surface area contributed by atoms with Gasteiger partial charge in [0.1, 0.15) is 0 Å². The van der Waals surface area contributed by atoms with Gasteiger partial charge in [0.15, 0.2) is 0 Å². The molecule has 124 valence electrons. The summed E-state index contributed by atoms with van der Waals surface area (Å²) >= 11 is 0. The van der Waals surface area contributed by atoms with Crippen molar-refractivity contribution in [3.8, 4) is 0 Å². The molecule has 1 aromatic carbocycles. The van der Waals surface area contributed by atoms with E-state index in [0.717, 1.165) is 18.9 Å². The van der Waals surface area contributed by atoms with Gasteiger partial charge in [-0.15, -0.1) is 12.4 Å². The zero-order chi connectivity index (χ0) is 14.5. The molecule has 0 radical (unpaired) electrons. The highest BCUT2D eigenvalue weighted by molar-refractivity contribution is 5.85. The Kier molecular flexibility index (Phi) is 7.16. The monoisotopic (exact) mass is 324 g/mol. The largest absolute Gasteiger partial charge is 0.396 e. The Labute approximate surface area is 140 Å². The van der Waals surface area contributed by atoms with Gasteiger partial charge >= 0.3 is 0 Å². The van der Waals surface area contributed by atoms with Crippen LogP contribution in [0.4, 0.5) is 0 Å². The highest BCUT2D eigenvalue weighted by Crippen LogP contribution is 2.36. The molecule has 1 aliphatic carbocycles. The molecule has 2 aliphatic rings. The second-order valence-corrected chi connectivity index (χ2v) is 6.52. The average Bonchev–Trinajstić information content (AvgIpc) is 2.96. The fraction of sp³-hybridized carbons (Fsp3) is 0.667. The summed E-state index contributed by atoms with van der Waals surface area (Å²) in [5.74, 6) is 0.817. The fourth-order valence-electron chi connectivity index (χ4n) is 3.96. The molecule has 1 aliphatic heterocycles. The summed E-state index contributed by atoms with van der Waals surface area (Å²) in [4.78, 5) is 2.65. The highest BCUT2D eigenvalue weighted by Gasteiger charge is 2.29. The third kappa shape index (κ3) is 4.23. The zero-order valence-corrected chi connectivity index (χ0v) is 14.2. The number of hydrogen-bond acceptors (Lipinski definition) is 3. The van der Waals surface area contributed by atoms with E-state index in [1.165, 1.54) is 56.4 Å². The van der Waals surface area contributed by atoms with Gasteiger partial charge in [-0.1, -0.05) is 24.3 Å². The summed E-state index contributed by atoms with van der Waals surface area (Å²) in [5.41, 5.74) is 3.06. The van der Waals surface area contributed by atoms with Gasteiger partial charge in [-0.05, 0) is 62.2 Å². The lowest BCUT2D eigenvalue weighted by Crippen LogP contribution is -2.38. The molecule has 2 N–H and O–H groups in total. The van der Waals surface area contributed by atoms with Crippen molar-refractivity contribution in [3.63, 3.8) is 0 Å². The molecule has 1 atom stereocenters. The van der Waals surface area contributed by atoms with Gasteiger partial charge in [-0.25, -0.2) is 0 Å². The molecule has 1 saturated heterocycles. The van der Waals surface area contributed by atoms with Gasteiger partial charge in [0.05, 0.1) is 0 Å². The van der Waals surface area contributed by atoms with Gasteiger partial charge in [0.2, 0.25) is 0 Å². The third-order valence-electron chi connectivity index (χ3n) is 5.10. The summed E-state index contributed by atoms with van der Waals surface area (Å²) in [6, 6.07) is 9.49. The maximum absolute atomic E-state index is 9.22. The zero-order valence-electron chi connectivity index (χ0n) is 13.3. The van der Waals surface area contributed by atoms with E-state index >= 15 is 0 Å². The lowest BCUT2D eigenvalue weighted by molar-refractivity contribution is 0.137. The lowest BCUT2D eigenvalue weighted by atomic mass is 9.96. The second kappa shape index (κ2) is 8.88. The van der Waals surface area contributed by atoms with Crippen LogP contribution in [0.25, 0.3) is 0 Å². The first kappa shape index (κ1) is 17.7. The van der Waals surface area contributed by atoms with Gasteiger partial charge in [0.25, 0.3) is 0 Å². The molecule has 1 fully saturated rings. The molecule has 0 aromatic heterocycles. The van der Waals surface area contributed by atoms with Gasteiger partial charge < -0.3 is 10.4 Å². The number of aliphatic hydroxyl groups is 1. The molecule has 1 unspecified atom stereocenters. The molecular formula is C18H29ClN2O. The summed E-state index contributed by atoms with van der Waals surface area (Å²) < 4.78 is 0. The number of nitrogens with one attached hydrogen (secondary N) is 1. The van der Waals surface area contributed by atoms with E-state index in [9.17, 15) is 5.11 Å². The summed E-state index contributed by atoms with van der Waals surface area (Å²) in [6.45, 7) is 4.86. The molecule has 4 heteroatoms. The van der Waals surface area contributed by atoms with Crippen molar-refractivity contribution in [1.29, 1.82) is 0 Å². The normalized spacial score (nSPS) is 21.6. The van der Waals surface area contributed by atoms with E-state index in [-0.39, 0.29) is 12.4 Å². The maximum Gasteiger partial charge on any atom is 0.0443 e. The molecule has 0 saturated carbocycles. The molecule has 0 bridgehead atoms. The SMILES string of the molecule is Cl.OCCCN(CC1CCNCC1)C1CCc2ccccc21. The van der Waals surface area contributed by atoms with Gasteiger partial charge in [-0.2, -0.15) is 0 Å². The number of halogens is 1. The van der Waals surface area contributed by atoms with E-state index < -0.39 is 0 Å². The number of hydrogen-bond donors (Lipinski definition) is 2. The van der Waals surface area contributed by atoms with Crippen LogP contribution in [-0.2, 0) is 6.42 Å². The first-order valence-electron chi connectivity index (χ1n) is 8.52. The Morgan fingerprint density at radius 2 is 1.91 bits per heavy atom. The highest BCUT2D eigenvalue weighted by atomic mass is 35.5. The molecular weight excluding hydrogens is 296 g/mol. The van der Waals surface area contributed by atoms with Crippen LogP contribution in [-0.4, -0.2) is 42.8 Å². The van der Waals surface area contributed by atoms with Crippen LogP contribution in [0.15, 0.2) is 24.3 Å². The summed E-state index contributed by atoms with van der Waals surface area (Å²) in [7, 11) is 0. The number of nitrogens with zero attached hydrogens (tertiary/aromatic N) is 1. The van der Waals surface area contributed by atoms with Crippen LogP contribution in [0.2, 0.25) is 0 Å². The number of aryl methyl sites for hydroxylation is 1. The number of piperidine rings is 1. The Hall–Kier alpha value is -0.610. The summed E-state index contributed by atoms with van der Waals surface area (Å²) in [5, 5.41) is 12.7. The Bertz CT molecular complexity index is 448. The maximum atomic E-state index is 9.22. The van der Waals surface area contributed by atoms with Gasteiger partial charge in [-0.3, -0.25) is 4.90 Å². The van der Waals surface area contributed by atoms with Crippen molar-refractivity contribution >= 4 is 12.4 Å². The minimum atomic E-state index is 0. The predicted molar refractivity (Wildman–Crippen MR) is 93.6 cm³/mol. The molecule has 3 rings (SSSR count). The van der Waals surface area contributed by atoms with Crippen LogP contribution < -0.4 is 5.32 Å². The second-order valence-electron chi connectivity index (χ2n) is 6.52. The van der Waals surface area contributed by atoms with Crippen molar-refractivity contribution in [3.05, 3.63) is 35.4 Å². The molecule has 0 amide bonds. The van der Waals surface area contributed by atoms with E-state index in [4.69, 9.17) is 0 Å². The van der Waals surface area contributed by atoms with Crippen LogP contribution in [0.3, 0.4) is 0 Å². The Morgan fingerprint density at radius 3 is 2.68 bits per heavy atom. The molecule has 1 heterocycles. The van der Waals surface area contributed by atoms with Crippen molar-refractivity contribution in [2.45, 2.75) is 38.1 Å². The Morgan fingerprint density at radius 1 is 1.14 bits per heavy atom. The number of fused-ring (bicyclic) bond motifs is 1. The van der Waals surface area contributed by atoms with Crippen LogP contribution >= 0.6 is 12.4 Å². The van der Waals surface area contributed by atoms with Crippen molar-refractivity contribution in [2.24, 2.45) is 5.92 Å². The average molecular weight is 325 g/mol. The fourth-order valence-corrected chi connectivity index (χ4v) is 3.96. The number of benzene rings is 1. The molecule has 3 nitrogen and oxygen atoms in total.